The van der Waals surface area contributed by atoms with Gasteiger partial charge in [-0.1, -0.05) is 12.2 Å². The van der Waals surface area contributed by atoms with Crippen molar-refractivity contribution in [2.75, 3.05) is 47.1 Å². The van der Waals surface area contributed by atoms with E-state index in [-0.39, 0.29) is 6.61 Å². The number of nitrogens with zero attached hydrogens (tertiary/aromatic N) is 1. The van der Waals surface area contributed by atoms with Crippen LogP contribution in [0.25, 0.3) is 0 Å². The number of hydrogen-bond donors (Lipinski definition) is 0. The standard InChI is InChI=1S/C15H18BrNO5S/c1-19-12-7-10(15(23)17-3-5-21-6-4-17)11(16)8-13(12)22-9-14(18)20-2/h7-8H,3-6,9H2,1-2H3. The Bertz CT molecular complexity index is 589. The van der Waals surface area contributed by atoms with Crippen LogP contribution in [-0.2, 0) is 14.3 Å². The van der Waals surface area contributed by atoms with Gasteiger partial charge in [0.05, 0.1) is 27.4 Å². The Morgan fingerprint density at radius 2 is 2.00 bits per heavy atom. The van der Waals surface area contributed by atoms with E-state index in [2.05, 4.69) is 25.6 Å². The van der Waals surface area contributed by atoms with Crippen LogP contribution in [0.2, 0.25) is 0 Å². The number of morpholine rings is 1. The van der Waals surface area contributed by atoms with Crippen LogP contribution in [0.4, 0.5) is 0 Å². The summed E-state index contributed by atoms with van der Waals surface area (Å²) < 4.78 is 21.5. The van der Waals surface area contributed by atoms with Gasteiger partial charge in [0.25, 0.3) is 0 Å². The van der Waals surface area contributed by atoms with E-state index in [9.17, 15) is 4.79 Å². The van der Waals surface area contributed by atoms with E-state index in [1.54, 1.807) is 12.1 Å². The minimum absolute atomic E-state index is 0.188. The first-order valence-corrected chi connectivity index (χ1v) is 8.21. The summed E-state index contributed by atoms with van der Waals surface area (Å²) in [5.41, 5.74) is 0.837. The first-order chi connectivity index (χ1) is 11.1. The molecule has 1 aromatic rings. The van der Waals surface area contributed by atoms with Crippen LogP contribution >= 0.6 is 28.1 Å². The molecule has 1 saturated heterocycles. The maximum Gasteiger partial charge on any atom is 0.343 e. The molecule has 2 rings (SSSR count). The van der Waals surface area contributed by atoms with E-state index in [4.69, 9.17) is 26.4 Å². The van der Waals surface area contributed by atoms with Gasteiger partial charge in [0.2, 0.25) is 0 Å². The van der Waals surface area contributed by atoms with Crippen molar-refractivity contribution < 1.29 is 23.7 Å². The molecule has 0 amide bonds. The molecule has 0 unspecified atom stereocenters. The number of carbonyl (C=O) groups is 1. The number of halogens is 1. The zero-order chi connectivity index (χ0) is 16.8. The van der Waals surface area contributed by atoms with Crippen molar-refractivity contribution in [1.29, 1.82) is 0 Å². The molecule has 0 spiro atoms. The van der Waals surface area contributed by atoms with E-state index in [1.165, 1.54) is 14.2 Å². The summed E-state index contributed by atoms with van der Waals surface area (Å²) in [7, 11) is 2.85. The van der Waals surface area contributed by atoms with Crippen LogP contribution < -0.4 is 9.47 Å². The van der Waals surface area contributed by atoms with Crippen molar-refractivity contribution in [3.05, 3.63) is 22.2 Å². The molecule has 0 N–H and O–H groups in total. The van der Waals surface area contributed by atoms with Crippen molar-refractivity contribution in [3.8, 4) is 11.5 Å². The lowest BCUT2D eigenvalue weighted by Gasteiger charge is -2.29. The summed E-state index contributed by atoms with van der Waals surface area (Å²) in [5, 5.41) is 0. The lowest BCUT2D eigenvalue weighted by Crippen LogP contribution is -2.40. The molecule has 1 aliphatic rings. The molecular formula is C15H18BrNO5S. The smallest absolute Gasteiger partial charge is 0.343 e. The van der Waals surface area contributed by atoms with Crippen LogP contribution in [0.3, 0.4) is 0 Å². The van der Waals surface area contributed by atoms with Gasteiger partial charge in [-0.15, -0.1) is 0 Å². The lowest BCUT2D eigenvalue weighted by atomic mass is 10.1. The third-order valence-corrected chi connectivity index (χ3v) is 4.49. The number of rotatable bonds is 5. The number of esters is 1. The highest BCUT2D eigenvalue weighted by molar-refractivity contribution is 9.10. The Kier molecular flexibility index (Phi) is 6.61. The van der Waals surface area contributed by atoms with E-state index in [1.807, 2.05) is 0 Å². The Labute approximate surface area is 148 Å². The molecule has 1 aliphatic heterocycles. The zero-order valence-corrected chi connectivity index (χ0v) is 15.4. The van der Waals surface area contributed by atoms with E-state index in [0.717, 1.165) is 28.1 Å². The molecule has 1 aromatic carbocycles. The van der Waals surface area contributed by atoms with Crippen molar-refractivity contribution in [2.45, 2.75) is 0 Å². The second kappa shape index (κ2) is 8.47. The van der Waals surface area contributed by atoms with Gasteiger partial charge in [-0.05, 0) is 28.1 Å². The minimum Gasteiger partial charge on any atom is -0.493 e. The second-order valence-electron chi connectivity index (χ2n) is 4.75. The summed E-state index contributed by atoms with van der Waals surface area (Å²) in [6.45, 7) is 2.65. The molecular weight excluding hydrogens is 386 g/mol. The maximum atomic E-state index is 11.2. The van der Waals surface area contributed by atoms with Crippen LogP contribution in [0.15, 0.2) is 16.6 Å². The van der Waals surface area contributed by atoms with Gasteiger partial charge < -0.3 is 23.8 Å². The summed E-state index contributed by atoms with van der Waals surface area (Å²) in [6, 6.07) is 3.54. The monoisotopic (exact) mass is 403 g/mol. The largest absolute Gasteiger partial charge is 0.493 e. The number of hydrogen-bond acceptors (Lipinski definition) is 6. The fourth-order valence-electron chi connectivity index (χ4n) is 2.10. The lowest BCUT2D eigenvalue weighted by molar-refractivity contribution is -0.142. The van der Waals surface area contributed by atoms with Gasteiger partial charge >= 0.3 is 5.97 Å². The highest BCUT2D eigenvalue weighted by atomic mass is 79.9. The SMILES string of the molecule is COC(=O)COc1cc(Br)c(C(=S)N2CCOCC2)cc1OC. The molecule has 6 nitrogen and oxygen atoms in total. The van der Waals surface area contributed by atoms with Crippen LogP contribution in [0, 0.1) is 0 Å². The molecule has 126 valence electrons. The number of benzene rings is 1. The Hall–Kier alpha value is -1.38. The summed E-state index contributed by atoms with van der Waals surface area (Å²) in [5.74, 6) is 0.483. The highest BCUT2D eigenvalue weighted by Crippen LogP contribution is 2.34. The third-order valence-electron chi connectivity index (χ3n) is 3.36. The van der Waals surface area contributed by atoms with Gasteiger partial charge in [-0.2, -0.15) is 0 Å². The van der Waals surface area contributed by atoms with E-state index >= 15 is 0 Å². The fraction of sp³-hybridized carbons (Fsp3) is 0.467. The molecule has 0 bridgehead atoms. The molecule has 1 fully saturated rings. The molecule has 0 radical (unpaired) electrons. The van der Waals surface area contributed by atoms with Crippen molar-refractivity contribution >= 4 is 39.1 Å². The maximum absolute atomic E-state index is 11.2. The van der Waals surface area contributed by atoms with Crippen LogP contribution in [0.5, 0.6) is 11.5 Å². The molecule has 1 heterocycles. The topological polar surface area (TPSA) is 57.2 Å². The molecule has 0 aliphatic carbocycles. The quantitative estimate of drug-likeness (QED) is 0.550. The number of thiocarbonyl (C=S) groups is 1. The second-order valence-corrected chi connectivity index (χ2v) is 5.99. The molecule has 0 saturated carbocycles. The summed E-state index contributed by atoms with van der Waals surface area (Å²) >= 11 is 9.08. The molecule has 0 aromatic heterocycles. The Balaban J connectivity index is 2.21. The normalized spacial score (nSPS) is 14.3. The van der Waals surface area contributed by atoms with Crippen LogP contribution in [-0.4, -0.2) is 63.0 Å². The minimum atomic E-state index is -0.462. The highest BCUT2D eigenvalue weighted by Gasteiger charge is 2.20. The molecule has 23 heavy (non-hydrogen) atoms. The first-order valence-electron chi connectivity index (χ1n) is 7.01. The predicted octanol–water partition coefficient (Wildman–Crippen LogP) is 2.02. The molecule has 0 atom stereocenters. The van der Waals surface area contributed by atoms with Crippen molar-refractivity contribution in [2.24, 2.45) is 0 Å². The average molecular weight is 404 g/mol. The Morgan fingerprint density at radius 3 is 2.61 bits per heavy atom. The average Bonchev–Trinajstić information content (AvgIpc) is 2.59. The zero-order valence-electron chi connectivity index (χ0n) is 13.0. The van der Waals surface area contributed by atoms with E-state index in [0.29, 0.717) is 24.7 Å². The van der Waals surface area contributed by atoms with Crippen molar-refractivity contribution in [3.63, 3.8) is 0 Å². The number of ether oxygens (including phenoxy) is 4. The van der Waals surface area contributed by atoms with Crippen LogP contribution in [0.1, 0.15) is 5.56 Å². The van der Waals surface area contributed by atoms with Gasteiger partial charge in [0.15, 0.2) is 18.1 Å². The predicted molar refractivity (Wildman–Crippen MR) is 92.3 cm³/mol. The fourth-order valence-corrected chi connectivity index (χ4v) is 3.10. The number of carbonyl (C=O) groups excluding carboxylic acids is 1. The number of methoxy groups -OCH3 is 2. The third kappa shape index (κ3) is 4.55. The van der Waals surface area contributed by atoms with Crippen molar-refractivity contribution in [1.82, 2.24) is 4.90 Å². The van der Waals surface area contributed by atoms with E-state index < -0.39 is 5.97 Å². The van der Waals surface area contributed by atoms with Gasteiger partial charge in [0.1, 0.15) is 4.99 Å². The van der Waals surface area contributed by atoms with Gasteiger partial charge in [-0.3, -0.25) is 0 Å². The summed E-state index contributed by atoms with van der Waals surface area (Å²) in [6.07, 6.45) is 0. The van der Waals surface area contributed by atoms with Gasteiger partial charge in [0, 0.05) is 23.1 Å². The molecule has 8 heteroatoms. The van der Waals surface area contributed by atoms with Gasteiger partial charge in [-0.25, -0.2) is 4.79 Å². The first kappa shape index (κ1) is 18.0. The summed E-state index contributed by atoms with van der Waals surface area (Å²) in [4.78, 5) is 14.0. The Morgan fingerprint density at radius 1 is 1.30 bits per heavy atom.